The Hall–Kier alpha value is -2.44. The standard InChI is InChI=1S/C17H22N4O3/c1-12-9-13(6-7-18-12)4-5-14-3-2-8-20(14)16(23)11-21-15(22)10-19-17(21)24/h6-7,9,14H,2-5,8,10-11H2,1H3,(H,19,24)/t14-/m0/s1. The predicted octanol–water partition coefficient (Wildman–Crippen LogP) is 0.865. The lowest BCUT2D eigenvalue weighted by atomic mass is 10.0. The van der Waals surface area contributed by atoms with E-state index in [4.69, 9.17) is 0 Å². The molecule has 0 aromatic carbocycles. The highest BCUT2D eigenvalue weighted by molar-refractivity contribution is 6.04. The summed E-state index contributed by atoms with van der Waals surface area (Å²) in [5.41, 5.74) is 2.21. The molecule has 7 heteroatoms. The zero-order valence-corrected chi connectivity index (χ0v) is 13.8. The van der Waals surface area contributed by atoms with Crippen molar-refractivity contribution in [2.75, 3.05) is 19.6 Å². The maximum Gasteiger partial charge on any atom is 0.325 e. The van der Waals surface area contributed by atoms with Gasteiger partial charge in [-0.3, -0.25) is 19.5 Å². The van der Waals surface area contributed by atoms with Crippen LogP contribution in [0.3, 0.4) is 0 Å². The third-order valence-electron chi connectivity index (χ3n) is 4.66. The molecule has 1 aromatic rings. The third kappa shape index (κ3) is 3.55. The Kier molecular flexibility index (Phi) is 4.78. The summed E-state index contributed by atoms with van der Waals surface area (Å²) < 4.78 is 0. The number of aromatic nitrogens is 1. The van der Waals surface area contributed by atoms with Gasteiger partial charge < -0.3 is 10.2 Å². The lowest BCUT2D eigenvalue weighted by Gasteiger charge is -2.26. The fourth-order valence-corrected chi connectivity index (χ4v) is 3.40. The highest BCUT2D eigenvalue weighted by atomic mass is 16.2. The first-order chi connectivity index (χ1) is 11.5. The van der Waals surface area contributed by atoms with Gasteiger partial charge in [-0.25, -0.2) is 4.79 Å². The van der Waals surface area contributed by atoms with E-state index in [-0.39, 0.29) is 30.9 Å². The van der Waals surface area contributed by atoms with E-state index in [1.54, 1.807) is 6.20 Å². The number of aryl methyl sites for hydroxylation is 2. The molecule has 0 saturated carbocycles. The molecule has 2 saturated heterocycles. The number of nitrogens with zero attached hydrogens (tertiary/aromatic N) is 3. The highest BCUT2D eigenvalue weighted by Gasteiger charge is 2.34. The summed E-state index contributed by atoms with van der Waals surface area (Å²) in [7, 11) is 0. The number of pyridine rings is 1. The Labute approximate surface area is 141 Å². The lowest BCUT2D eigenvalue weighted by Crippen LogP contribution is -2.45. The predicted molar refractivity (Wildman–Crippen MR) is 87.1 cm³/mol. The molecular weight excluding hydrogens is 308 g/mol. The Morgan fingerprint density at radius 2 is 2.25 bits per heavy atom. The van der Waals surface area contributed by atoms with Gasteiger partial charge in [0.25, 0.3) is 5.91 Å². The van der Waals surface area contributed by atoms with Crippen LogP contribution in [0.1, 0.15) is 30.5 Å². The highest BCUT2D eigenvalue weighted by Crippen LogP contribution is 2.22. The first-order valence-electron chi connectivity index (χ1n) is 8.34. The van der Waals surface area contributed by atoms with Crippen molar-refractivity contribution in [3.05, 3.63) is 29.6 Å². The number of urea groups is 1. The van der Waals surface area contributed by atoms with E-state index in [9.17, 15) is 14.4 Å². The minimum absolute atomic E-state index is 0.0169. The van der Waals surface area contributed by atoms with Crippen LogP contribution >= 0.6 is 0 Å². The van der Waals surface area contributed by atoms with Crippen molar-refractivity contribution in [1.29, 1.82) is 0 Å². The molecule has 1 N–H and O–H groups in total. The quantitative estimate of drug-likeness (QED) is 0.812. The van der Waals surface area contributed by atoms with Gasteiger partial charge in [0, 0.05) is 24.5 Å². The summed E-state index contributed by atoms with van der Waals surface area (Å²) in [5.74, 6) is -0.481. The Morgan fingerprint density at radius 1 is 1.42 bits per heavy atom. The molecule has 1 atom stereocenters. The topological polar surface area (TPSA) is 82.6 Å². The molecule has 2 fully saturated rings. The third-order valence-corrected chi connectivity index (χ3v) is 4.66. The van der Waals surface area contributed by atoms with E-state index in [1.165, 1.54) is 5.56 Å². The SMILES string of the molecule is Cc1cc(CC[C@@H]2CCCN2C(=O)CN2C(=O)CNC2=O)ccn1. The Morgan fingerprint density at radius 3 is 2.96 bits per heavy atom. The zero-order chi connectivity index (χ0) is 17.1. The molecule has 24 heavy (non-hydrogen) atoms. The number of nitrogens with one attached hydrogen (secondary N) is 1. The van der Waals surface area contributed by atoms with Crippen LogP contribution in [0.4, 0.5) is 4.79 Å². The van der Waals surface area contributed by atoms with Gasteiger partial charge in [0.05, 0.1) is 6.54 Å². The molecule has 2 aliphatic rings. The number of imide groups is 1. The summed E-state index contributed by atoms with van der Waals surface area (Å²) in [5, 5.41) is 2.44. The van der Waals surface area contributed by atoms with Crippen LogP contribution in [0.5, 0.6) is 0 Å². The summed E-state index contributed by atoms with van der Waals surface area (Å²) in [6.45, 7) is 2.49. The van der Waals surface area contributed by atoms with E-state index < -0.39 is 6.03 Å². The molecule has 3 heterocycles. The van der Waals surface area contributed by atoms with Gasteiger partial charge in [-0.1, -0.05) is 0 Å². The van der Waals surface area contributed by atoms with Gasteiger partial charge in [-0.2, -0.15) is 0 Å². The smallest absolute Gasteiger partial charge is 0.325 e. The number of carbonyl (C=O) groups excluding carboxylic acids is 3. The normalized spacial score (nSPS) is 20.6. The van der Waals surface area contributed by atoms with Crippen molar-refractivity contribution in [2.24, 2.45) is 0 Å². The number of carbonyl (C=O) groups is 3. The van der Waals surface area contributed by atoms with Crippen LogP contribution in [-0.2, 0) is 16.0 Å². The molecule has 0 unspecified atom stereocenters. The van der Waals surface area contributed by atoms with Gasteiger partial charge in [0.1, 0.15) is 6.54 Å². The summed E-state index contributed by atoms with van der Waals surface area (Å²) in [6.07, 6.45) is 5.51. The second-order valence-electron chi connectivity index (χ2n) is 6.37. The lowest BCUT2D eigenvalue weighted by molar-refractivity contribution is -0.137. The maximum absolute atomic E-state index is 12.5. The molecule has 2 aliphatic heterocycles. The van der Waals surface area contributed by atoms with Crippen molar-refractivity contribution >= 4 is 17.8 Å². The Balaban J connectivity index is 1.57. The van der Waals surface area contributed by atoms with Crippen molar-refractivity contribution in [1.82, 2.24) is 20.1 Å². The number of rotatable bonds is 5. The van der Waals surface area contributed by atoms with E-state index in [0.29, 0.717) is 6.54 Å². The average Bonchev–Trinajstić information content (AvgIpc) is 3.15. The number of amides is 4. The molecule has 128 valence electrons. The minimum atomic E-state index is -0.476. The van der Waals surface area contributed by atoms with Gasteiger partial charge in [0.15, 0.2) is 0 Å². The number of hydrogen-bond donors (Lipinski definition) is 1. The van der Waals surface area contributed by atoms with E-state index in [2.05, 4.69) is 16.4 Å². The van der Waals surface area contributed by atoms with Crippen molar-refractivity contribution in [2.45, 2.75) is 38.6 Å². The van der Waals surface area contributed by atoms with Crippen molar-refractivity contribution in [3.63, 3.8) is 0 Å². The zero-order valence-electron chi connectivity index (χ0n) is 13.8. The first-order valence-corrected chi connectivity index (χ1v) is 8.34. The van der Waals surface area contributed by atoms with Crippen LogP contribution in [0, 0.1) is 6.92 Å². The fraction of sp³-hybridized carbons (Fsp3) is 0.529. The molecule has 0 aliphatic carbocycles. The van der Waals surface area contributed by atoms with Crippen LogP contribution in [0.2, 0.25) is 0 Å². The van der Waals surface area contributed by atoms with Gasteiger partial charge in [-0.15, -0.1) is 0 Å². The molecule has 4 amide bonds. The van der Waals surface area contributed by atoms with E-state index in [0.717, 1.165) is 36.3 Å². The Bertz CT molecular complexity index is 645. The second-order valence-corrected chi connectivity index (χ2v) is 6.37. The monoisotopic (exact) mass is 330 g/mol. The fourth-order valence-electron chi connectivity index (χ4n) is 3.40. The van der Waals surface area contributed by atoms with Gasteiger partial charge >= 0.3 is 6.03 Å². The van der Waals surface area contributed by atoms with Gasteiger partial charge in [-0.05, 0) is 50.3 Å². The minimum Gasteiger partial charge on any atom is -0.338 e. The molecule has 1 aromatic heterocycles. The number of likely N-dealkylation sites (tertiary alicyclic amines) is 1. The average molecular weight is 330 g/mol. The van der Waals surface area contributed by atoms with Crippen LogP contribution in [-0.4, -0.2) is 58.3 Å². The molecule has 7 nitrogen and oxygen atoms in total. The first kappa shape index (κ1) is 16.4. The van der Waals surface area contributed by atoms with Gasteiger partial charge in [0.2, 0.25) is 5.91 Å². The largest absolute Gasteiger partial charge is 0.338 e. The second kappa shape index (κ2) is 6.98. The van der Waals surface area contributed by atoms with E-state index >= 15 is 0 Å². The van der Waals surface area contributed by atoms with Crippen LogP contribution in [0.25, 0.3) is 0 Å². The molecule has 0 radical (unpaired) electrons. The van der Waals surface area contributed by atoms with E-state index in [1.807, 2.05) is 17.9 Å². The number of hydrogen-bond acceptors (Lipinski definition) is 4. The molecule has 0 bridgehead atoms. The summed E-state index contributed by atoms with van der Waals surface area (Å²) in [6, 6.07) is 3.76. The summed E-state index contributed by atoms with van der Waals surface area (Å²) >= 11 is 0. The maximum atomic E-state index is 12.5. The summed E-state index contributed by atoms with van der Waals surface area (Å²) in [4.78, 5) is 42.7. The van der Waals surface area contributed by atoms with Crippen molar-refractivity contribution in [3.8, 4) is 0 Å². The molecular formula is C17H22N4O3. The molecule has 3 rings (SSSR count). The van der Waals surface area contributed by atoms with Crippen molar-refractivity contribution < 1.29 is 14.4 Å². The van der Waals surface area contributed by atoms with Crippen LogP contribution < -0.4 is 5.32 Å². The molecule has 0 spiro atoms. The van der Waals surface area contributed by atoms with Crippen LogP contribution in [0.15, 0.2) is 18.3 Å².